The van der Waals surface area contributed by atoms with Crippen LogP contribution in [0.4, 0.5) is 19.0 Å². The van der Waals surface area contributed by atoms with Gasteiger partial charge >= 0.3 is 6.18 Å². The highest BCUT2D eigenvalue weighted by Gasteiger charge is 2.37. The number of nitriles is 2. The fraction of sp³-hybridized carbons (Fsp3) is 0.259. The van der Waals surface area contributed by atoms with Crippen LogP contribution in [0.25, 0.3) is 22.5 Å². The van der Waals surface area contributed by atoms with E-state index in [0.29, 0.717) is 4.68 Å². The summed E-state index contributed by atoms with van der Waals surface area (Å²) in [5.74, 6) is -0.253. The molecule has 42 heavy (non-hydrogen) atoms. The molecule has 1 atom stereocenters. The van der Waals surface area contributed by atoms with E-state index >= 15 is 0 Å². The predicted octanol–water partition coefficient (Wildman–Crippen LogP) is 2.68. The van der Waals surface area contributed by atoms with E-state index in [0.717, 1.165) is 12.1 Å². The fourth-order valence-electron chi connectivity index (χ4n) is 4.94. The minimum Gasteiger partial charge on any atom is -0.352 e. The van der Waals surface area contributed by atoms with Crippen molar-refractivity contribution < 1.29 is 18.0 Å². The number of aryl methyl sites for hydroxylation is 1. The van der Waals surface area contributed by atoms with Gasteiger partial charge in [0.15, 0.2) is 5.69 Å². The molecule has 1 amide bonds. The van der Waals surface area contributed by atoms with Crippen molar-refractivity contribution in [2.45, 2.75) is 25.6 Å². The van der Waals surface area contributed by atoms with Crippen molar-refractivity contribution in [2.75, 3.05) is 24.5 Å². The number of hydrogen-bond donors (Lipinski definition) is 0. The SMILES string of the molecule is C=CC(=O)N1CCN(c2nc(-n3ccc(C#N)n3)nc3c(=O)n(-c4cccc(C)c4C(F)(F)F)ncc23)CC1CC#N. The summed E-state index contributed by atoms with van der Waals surface area (Å²) in [4.78, 5) is 38.3. The molecule has 1 unspecified atom stereocenters. The van der Waals surface area contributed by atoms with E-state index in [1.54, 1.807) is 4.90 Å². The number of anilines is 1. The van der Waals surface area contributed by atoms with E-state index in [2.05, 4.69) is 32.8 Å². The fourth-order valence-corrected chi connectivity index (χ4v) is 4.94. The van der Waals surface area contributed by atoms with Crippen LogP contribution in [-0.2, 0) is 11.0 Å². The van der Waals surface area contributed by atoms with Crippen LogP contribution in [0, 0.1) is 29.6 Å². The number of hydrogen-bond acceptors (Lipinski definition) is 9. The lowest BCUT2D eigenvalue weighted by Gasteiger charge is -2.41. The largest absolute Gasteiger partial charge is 0.418 e. The number of rotatable bonds is 5. The summed E-state index contributed by atoms with van der Waals surface area (Å²) in [6.07, 6.45) is -0.974. The Morgan fingerprint density at radius 2 is 2.00 bits per heavy atom. The second-order valence-electron chi connectivity index (χ2n) is 9.39. The molecule has 4 heterocycles. The lowest BCUT2D eigenvalue weighted by molar-refractivity contribution is -0.138. The second-order valence-corrected chi connectivity index (χ2v) is 9.39. The van der Waals surface area contributed by atoms with Crippen molar-refractivity contribution in [3.63, 3.8) is 0 Å². The third kappa shape index (κ3) is 4.92. The van der Waals surface area contributed by atoms with Crippen LogP contribution in [0.2, 0.25) is 0 Å². The van der Waals surface area contributed by atoms with Gasteiger partial charge in [-0.1, -0.05) is 18.7 Å². The minimum absolute atomic E-state index is 0.00920. The van der Waals surface area contributed by atoms with Crippen LogP contribution < -0.4 is 10.5 Å². The first-order valence-electron chi connectivity index (χ1n) is 12.6. The van der Waals surface area contributed by atoms with Gasteiger partial charge in [0.1, 0.15) is 17.4 Å². The molecule has 0 saturated carbocycles. The summed E-state index contributed by atoms with van der Waals surface area (Å²) in [7, 11) is 0. The van der Waals surface area contributed by atoms with Crippen molar-refractivity contribution in [1.29, 1.82) is 10.5 Å². The van der Waals surface area contributed by atoms with Gasteiger partial charge in [-0.2, -0.15) is 43.6 Å². The molecular weight excluding hydrogens is 553 g/mol. The maximum absolute atomic E-state index is 14.0. The predicted molar refractivity (Wildman–Crippen MR) is 143 cm³/mol. The first-order valence-corrected chi connectivity index (χ1v) is 12.6. The van der Waals surface area contributed by atoms with E-state index in [9.17, 15) is 33.3 Å². The zero-order valence-electron chi connectivity index (χ0n) is 22.1. The minimum atomic E-state index is -4.76. The van der Waals surface area contributed by atoms with Gasteiger partial charge in [0.25, 0.3) is 11.5 Å². The Balaban J connectivity index is 1.72. The molecule has 0 radical (unpaired) electrons. The highest BCUT2D eigenvalue weighted by Crippen LogP contribution is 2.36. The molecule has 0 bridgehead atoms. The van der Waals surface area contributed by atoms with Crippen LogP contribution in [0.5, 0.6) is 0 Å². The topological polar surface area (TPSA) is 150 Å². The third-order valence-electron chi connectivity index (χ3n) is 6.85. The lowest BCUT2D eigenvalue weighted by Crippen LogP contribution is -2.55. The first-order chi connectivity index (χ1) is 20.1. The molecule has 12 nitrogen and oxygen atoms in total. The summed E-state index contributed by atoms with van der Waals surface area (Å²) in [6.45, 7) is 5.41. The molecular formula is C27H21F3N10O2. The molecule has 15 heteroatoms. The average molecular weight is 575 g/mol. The van der Waals surface area contributed by atoms with Gasteiger partial charge in [0.2, 0.25) is 5.91 Å². The second kappa shape index (κ2) is 10.8. The van der Waals surface area contributed by atoms with Crippen LogP contribution in [0.1, 0.15) is 23.2 Å². The molecule has 5 rings (SSSR count). The van der Waals surface area contributed by atoms with Crippen molar-refractivity contribution >= 4 is 22.6 Å². The summed E-state index contributed by atoms with van der Waals surface area (Å²) in [5.41, 5.74) is -2.69. The smallest absolute Gasteiger partial charge is 0.352 e. The number of halogens is 3. The Kier molecular flexibility index (Phi) is 7.18. The molecule has 4 aromatic rings. The van der Waals surface area contributed by atoms with Gasteiger partial charge in [-0.05, 0) is 30.7 Å². The molecule has 1 aliphatic heterocycles. The summed E-state index contributed by atoms with van der Waals surface area (Å²) < 4.78 is 43.8. The molecule has 212 valence electrons. The number of piperazine rings is 1. The monoisotopic (exact) mass is 574 g/mol. The third-order valence-corrected chi connectivity index (χ3v) is 6.85. The number of carbonyl (C=O) groups is 1. The Labute approximate surface area is 236 Å². The number of carbonyl (C=O) groups excluding carboxylic acids is 1. The van der Waals surface area contributed by atoms with Crippen LogP contribution in [0.15, 0.2) is 54.1 Å². The van der Waals surface area contributed by atoms with E-state index in [1.807, 2.05) is 6.07 Å². The maximum atomic E-state index is 14.0. The Morgan fingerprint density at radius 1 is 1.21 bits per heavy atom. The molecule has 1 fully saturated rings. The molecule has 1 saturated heterocycles. The number of alkyl halides is 3. The molecule has 0 N–H and O–H groups in total. The van der Waals surface area contributed by atoms with Crippen LogP contribution in [0.3, 0.4) is 0 Å². The zero-order chi connectivity index (χ0) is 30.2. The number of fused-ring (bicyclic) bond motifs is 1. The zero-order valence-corrected chi connectivity index (χ0v) is 22.1. The van der Waals surface area contributed by atoms with E-state index in [1.165, 1.54) is 47.1 Å². The Hall–Kier alpha value is -5.57. The Morgan fingerprint density at radius 3 is 2.67 bits per heavy atom. The van der Waals surface area contributed by atoms with Gasteiger partial charge in [-0.15, -0.1) is 0 Å². The molecule has 0 aliphatic carbocycles. The summed E-state index contributed by atoms with van der Waals surface area (Å²) >= 11 is 0. The number of benzene rings is 1. The van der Waals surface area contributed by atoms with Crippen molar-refractivity contribution in [3.05, 3.63) is 76.5 Å². The molecule has 1 aliphatic rings. The highest BCUT2D eigenvalue weighted by atomic mass is 19.4. The molecule has 0 spiro atoms. The van der Waals surface area contributed by atoms with Gasteiger partial charge in [0, 0.05) is 25.8 Å². The first kappa shape index (κ1) is 28.0. The number of aromatic nitrogens is 6. The number of nitrogens with zero attached hydrogens (tertiary/aromatic N) is 10. The van der Waals surface area contributed by atoms with Gasteiger partial charge in [-0.25, -0.2) is 9.67 Å². The average Bonchev–Trinajstić information content (AvgIpc) is 3.45. The lowest BCUT2D eigenvalue weighted by atomic mass is 10.1. The van der Waals surface area contributed by atoms with E-state index in [4.69, 9.17) is 0 Å². The van der Waals surface area contributed by atoms with E-state index in [-0.39, 0.29) is 65.9 Å². The van der Waals surface area contributed by atoms with Crippen LogP contribution in [-0.4, -0.2) is 66.0 Å². The van der Waals surface area contributed by atoms with Crippen molar-refractivity contribution in [2.24, 2.45) is 0 Å². The van der Waals surface area contributed by atoms with Gasteiger partial charge in [-0.3, -0.25) is 9.59 Å². The summed E-state index contributed by atoms with van der Waals surface area (Å²) in [6, 6.07) is 8.65. The van der Waals surface area contributed by atoms with Gasteiger partial charge in [0.05, 0.1) is 41.4 Å². The standard InChI is InChI=1S/C27H21F3N10O2/c1-3-21(41)38-12-11-37(15-18(38)7-9-31)24-19-14-33-40(20-6-4-5-16(2)22(20)27(28,29)30)25(42)23(19)34-26(35-24)39-10-8-17(13-32)36-39/h3-6,8,10,14,18H,1,7,11-12,15H2,2H3. The normalized spacial score (nSPS) is 15.3. The van der Waals surface area contributed by atoms with Crippen LogP contribution >= 0.6 is 0 Å². The maximum Gasteiger partial charge on any atom is 0.418 e. The van der Waals surface area contributed by atoms with Gasteiger partial charge < -0.3 is 9.80 Å². The Bertz CT molecular complexity index is 1870. The highest BCUT2D eigenvalue weighted by molar-refractivity contribution is 5.90. The van der Waals surface area contributed by atoms with Crippen molar-refractivity contribution in [1.82, 2.24) is 34.4 Å². The number of amides is 1. The summed E-state index contributed by atoms with van der Waals surface area (Å²) in [5, 5.41) is 26.9. The molecule has 1 aromatic carbocycles. The molecule has 3 aromatic heterocycles. The van der Waals surface area contributed by atoms with E-state index < -0.39 is 29.0 Å². The van der Waals surface area contributed by atoms with Crippen molar-refractivity contribution in [3.8, 4) is 23.8 Å². The quantitative estimate of drug-likeness (QED) is 0.328.